The molecule has 1 aromatic heterocycles. The number of aromatic nitrogens is 1. The fourth-order valence-electron chi connectivity index (χ4n) is 1.88. The van der Waals surface area contributed by atoms with E-state index in [4.69, 9.17) is 0 Å². The average molecular weight is 276 g/mol. The standard InChI is InChI=1S/C14H13FN2OS/c1-8-12(9-4-6-11(15)7-5-9)16-14(19-8)17-13(18)10-2-3-10/h4-7,10H,2-3H2,1H3,(H,16,17,18). The molecule has 0 radical (unpaired) electrons. The van der Waals surface area contributed by atoms with Crippen molar-refractivity contribution in [1.29, 1.82) is 0 Å². The lowest BCUT2D eigenvalue weighted by Crippen LogP contribution is -2.12. The van der Waals surface area contributed by atoms with E-state index in [0.717, 1.165) is 29.0 Å². The number of nitrogens with one attached hydrogen (secondary N) is 1. The quantitative estimate of drug-likeness (QED) is 0.930. The molecule has 19 heavy (non-hydrogen) atoms. The molecule has 1 amide bonds. The van der Waals surface area contributed by atoms with Crippen molar-refractivity contribution in [3.63, 3.8) is 0 Å². The summed E-state index contributed by atoms with van der Waals surface area (Å²) in [6.45, 7) is 1.95. The minimum atomic E-state index is -0.265. The fraction of sp³-hybridized carbons (Fsp3) is 0.286. The van der Waals surface area contributed by atoms with Gasteiger partial charge in [0.25, 0.3) is 0 Å². The van der Waals surface area contributed by atoms with Crippen LogP contribution in [0.3, 0.4) is 0 Å². The number of halogens is 1. The Balaban J connectivity index is 1.84. The van der Waals surface area contributed by atoms with Crippen molar-refractivity contribution >= 4 is 22.4 Å². The maximum Gasteiger partial charge on any atom is 0.229 e. The van der Waals surface area contributed by atoms with E-state index in [1.54, 1.807) is 12.1 Å². The Morgan fingerprint density at radius 3 is 2.68 bits per heavy atom. The fourth-order valence-corrected chi connectivity index (χ4v) is 2.72. The maximum atomic E-state index is 12.9. The van der Waals surface area contributed by atoms with Crippen LogP contribution in [0.2, 0.25) is 0 Å². The summed E-state index contributed by atoms with van der Waals surface area (Å²) in [6.07, 6.45) is 1.95. The van der Waals surface area contributed by atoms with E-state index in [1.165, 1.54) is 23.5 Å². The molecule has 1 aliphatic rings. The number of amides is 1. The monoisotopic (exact) mass is 276 g/mol. The maximum absolute atomic E-state index is 12.9. The van der Waals surface area contributed by atoms with Gasteiger partial charge in [-0.2, -0.15) is 0 Å². The number of nitrogens with zero attached hydrogens (tertiary/aromatic N) is 1. The average Bonchev–Trinajstić information content (AvgIpc) is 3.16. The summed E-state index contributed by atoms with van der Waals surface area (Å²) >= 11 is 1.45. The van der Waals surface area contributed by atoms with Gasteiger partial charge in [0.1, 0.15) is 5.82 Å². The van der Waals surface area contributed by atoms with Crippen LogP contribution < -0.4 is 5.32 Å². The second kappa shape index (κ2) is 4.74. The lowest BCUT2D eigenvalue weighted by atomic mass is 10.1. The lowest BCUT2D eigenvalue weighted by Gasteiger charge is -1.99. The third-order valence-corrected chi connectivity index (χ3v) is 3.98. The van der Waals surface area contributed by atoms with Crippen molar-refractivity contribution < 1.29 is 9.18 Å². The number of benzene rings is 1. The second-order valence-electron chi connectivity index (χ2n) is 4.69. The Morgan fingerprint density at radius 2 is 2.05 bits per heavy atom. The highest BCUT2D eigenvalue weighted by molar-refractivity contribution is 7.16. The number of carbonyl (C=O) groups excluding carboxylic acids is 1. The Bertz CT molecular complexity index is 617. The van der Waals surface area contributed by atoms with Crippen LogP contribution in [0.5, 0.6) is 0 Å². The van der Waals surface area contributed by atoms with Gasteiger partial charge in [-0.3, -0.25) is 4.79 Å². The van der Waals surface area contributed by atoms with Crippen LogP contribution in [-0.2, 0) is 4.79 Å². The van der Waals surface area contributed by atoms with Gasteiger partial charge >= 0.3 is 0 Å². The summed E-state index contributed by atoms with van der Waals surface area (Å²) in [5.74, 6) is -0.0447. The molecule has 1 aliphatic carbocycles. The van der Waals surface area contributed by atoms with Gasteiger partial charge in [0.2, 0.25) is 5.91 Å². The molecule has 1 heterocycles. The van der Waals surface area contributed by atoms with E-state index in [0.29, 0.717) is 5.13 Å². The molecule has 98 valence electrons. The molecule has 0 unspecified atom stereocenters. The van der Waals surface area contributed by atoms with Gasteiger partial charge in [0.15, 0.2) is 5.13 Å². The number of hydrogen-bond donors (Lipinski definition) is 1. The summed E-state index contributed by atoms with van der Waals surface area (Å²) in [5.41, 5.74) is 1.66. The molecule has 1 fully saturated rings. The SMILES string of the molecule is Cc1sc(NC(=O)C2CC2)nc1-c1ccc(F)cc1. The molecular weight excluding hydrogens is 263 g/mol. The first kappa shape index (κ1) is 12.3. The van der Waals surface area contributed by atoms with E-state index in [-0.39, 0.29) is 17.6 Å². The molecule has 0 saturated heterocycles. The van der Waals surface area contributed by atoms with Crippen molar-refractivity contribution in [1.82, 2.24) is 4.98 Å². The first-order valence-electron chi connectivity index (χ1n) is 6.18. The zero-order chi connectivity index (χ0) is 13.4. The van der Waals surface area contributed by atoms with Crippen molar-refractivity contribution in [3.05, 3.63) is 35.0 Å². The van der Waals surface area contributed by atoms with E-state index < -0.39 is 0 Å². The Hall–Kier alpha value is -1.75. The lowest BCUT2D eigenvalue weighted by molar-refractivity contribution is -0.117. The molecule has 0 aliphatic heterocycles. The van der Waals surface area contributed by atoms with E-state index in [9.17, 15) is 9.18 Å². The highest BCUT2D eigenvalue weighted by atomic mass is 32.1. The van der Waals surface area contributed by atoms with Crippen LogP contribution in [0.25, 0.3) is 11.3 Å². The van der Waals surface area contributed by atoms with E-state index in [1.807, 2.05) is 6.92 Å². The molecule has 1 aromatic carbocycles. The summed E-state index contributed by atoms with van der Waals surface area (Å²) in [4.78, 5) is 17.1. The Labute approximate surface area is 114 Å². The normalized spacial score (nSPS) is 14.4. The molecule has 1 saturated carbocycles. The molecule has 0 atom stereocenters. The topological polar surface area (TPSA) is 42.0 Å². The van der Waals surface area contributed by atoms with Crippen LogP contribution >= 0.6 is 11.3 Å². The third kappa shape index (κ3) is 2.66. The zero-order valence-corrected chi connectivity index (χ0v) is 11.3. The predicted molar refractivity (Wildman–Crippen MR) is 73.6 cm³/mol. The minimum Gasteiger partial charge on any atom is -0.302 e. The van der Waals surface area contributed by atoms with Crippen molar-refractivity contribution in [2.24, 2.45) is 5.92 Å². The van der Waals surface area contributed by atoms with Gasteiger partial charge in [0, 0.05) is 16.4 Å². The van der Waals surface area contributed by atoms with Gasteiger partial charge in [-0.1, -0.05) is 0 Å². The summed E-state index contributed by atoms with van der Waals surface area (Å²) in [5, 5.41) is 3.46. The van der Waals surface area contributed by atoms with Crippen molar-refractivity contribution in [2.75, 3.05) is 5.32 Å². The number of carbonyl (C=O) groups is 1. The largest absolute Gasteiger partial charge is 0.302 e. The van der Waals surface area contributed by atoms with Gasteiger partial charge in [-0.05, 0) is 44.0 Å². The van der Waals surface area contributed by atoms with Crippen LogP contribution in [-0.4, -0.2) is 10.9 Å². The first-order valence-corrected chi connectivity index (χ1v) is 6.99. The van der Waals surface area contributed by atoms with Gasteiger partial charge in [-0.25, -0.2) is 9.37 Å². The van der Waals surface area contributed by atoms with E-state index >= 15 is 0 Å². The smallest absolute Gasteiger partial charge is 0.229 e. The summed E-state index contributed by atoms with van der Waals surface area (Å²) < 4.78 is 12.9. The number of hydrogen-bond acceptors (Lipinski definition) is 3. The number of rotatable bonds is 3. The first-order chi connectivity index (χ1) is 9.13. The Kier molecular flexibility index (Phi) is 3.06. The Morgan fingerprint density at radius 1 is 1.37 bits per heavy atom. The van der Waals surface area contributed by atoms with E-state index in [2.05, 4.69) is 10.3 Å². The molecule has 0 spiro atoms. The molecule has 0 bridgehead atoms. The summed E-state index contributed by atoms with van der Waals surface area (Å²) in [6, 6.07) is 6.22. The molecule has 5 heteroatoms. The second-order valence-corrected chi connectivity index (χ2v) is 5.90. The van der Waals surface area contributed by atoms with Crippen LogP contribution in [0.1, 0.15) is 17.7 Å². The van der Waals surface area contributed by atoms with Gasteiger partial charge < -0.3 is 5.32 Å². The number of aryl methyl sites for hydroxylation is 1. The van der Waals surface area contributed by atoms with Crippen molar-refractivity contribution in [3.8, 4) is 11.3 Å². The zero-order valence-electron chi connectivity index (χ0n) is 10.4. The van der Waals surface area contributed by atoms with Crippen molar-refractivity contribution in [2.45, 2.75) is 19.8 Å². The number of anilines is 1. The van der Waals surface area contributed by atoms with Gasteiger partial charge in [-0.15, -0.1) is 11.3 Å². The van der Waals surface area contributed by atoms with Crippen LogP contribution in [0.15, 0.2) is 24.3 Å². The molecule has 3 rings (SSSR count). The summed E-state index contributed by atoms with van der Waals surface area (Å²) in [7, 11) is 0. The minimum absolute atomic E-state index is 0.0550. The third-order valence-electron chi connectivity index (χ3n) is 3.09. The highest BCUT2D eigenvalue weighted by Gasteiger charge is 2.30. The van der Waals surface area contributed by atoms with Gasteiger partial charge in [0.05, 0.1) is 5.69 Å². The molecule has 2 aromatic rings. The number of thiazole rings is 1. The van der Waals surface area contributed by atoms with Crippen LogP contribution in [0.4, 0.5) is 9.52 Å². The molecular formula is C14H13FN2OS. The molecule has 1 N–H and O–H groups in total. The highest BCUT2D eigenvalue weighted by Crippen LogP contribution is 2.33. The molecule has 3 nitrogen and oxygen atoms in total. The van der Waals surface area contributed by atoms with Crippen LogP contribution in [0, 0.1) is 18.7 Å². The predicted octanol–water partition coefficient (Wildman–Crippen LogP) is 3.61.